The summed E-state index contributed by atoms with van der Waals surface area (Å²) in [4.78, 5) is 24.2. The Morgan fingerprint density at radius 2 is 1.55 bits per heavy atom. The van der Waals surface area contributed by atoms with E-state index in [1.807, 2.05) is 6.92 Å². The summed E-state index contributed by atoms with van der Waals surface area (Å²) in [6, 6.07) is 0.370. The van der Waals surface area contributed by atoms with Gasteiger partial charge in [0.15, 0.2) is 0 Å². The Hall–Kier alpha value is -0.860. The molecule has 0 heterocycles. The zero-order chi connectivity index (χ0) is 13.9. The minimum Gasteiger partial charge on any atom is -0.352 e. The molecule has 20 heavy (non-hydrogen) atoms. The summed E-state index contributed by atoms with van der Waals surface area (Å²) >= 11 is 0. The van der Waals surface area contributed by atoms with Gasteiger partial charge in [0.05, 0.1) is 6.42 Å². The van der Waals surface area contributed by atoms with Gasteiger partial charge in [-0.3, -0.25) is 9.59 Å². The number of hydrogen-bond donors (Lipinski definition) is 1. The molecular weight excluding hydrogens is 250 g/mol. The molecular formula is C17H25NO2. The molecule has 0 unspecified atom stereocenters. The van der Waals surface area contributed by atoms with Gasteiger partial charge < -0.3 is 5.32 Å². The standard InChI is InChI=1S/C17H25NO2/c1-17(2-3-17)14(19)9-15(20)18-16-12-5-10-4-11(7-12)8-13(16)6-10/h10-13,16H,2-9H2,1H3,(H,18,20). The molecule has 4 bridgehead atoms. The molecule has 0 saturated heterocycles. The molecule has 0 radical (unpaired) electrons. The van der Waals surface area contributed by atoms with Crippen LogP contribution in [0.4, 0.5) is 0 Å². The van der Waals surface area contributed by atoms with Crippen LogP contribution in [-0.4, -0.2) is 17.7 Å². The summed E-state index contributed by atoms with van der Waals surface area (Å²) in [5.74, 6) is 3.39. The Bertz CT molecular complexity index is 424. The predicted octanol–water partition coefficient (Wildman–Crippen LogP) is 2.69. The first-order chi connectivity index (χ1) is 9.53. The van der Waals surface area contributed by atoms with Crippen molar-refractivity contribution < 1.29 is 9.59 Å². The summed E-state index contributed by atoms with van der Waals surface area (Å²) in [6.45, 7) is 1.99. The van der Waals surface area contributed by atoms with E-state index in [9.17, 15) is 9.59 Å². The highest BCUT2D eigenvalue weighted by Gasteiger charge is 2.49. The lowest BCUT2D eigenvalue weighted by atomic mass is 9.54. The fraction of sp³-hybridized carbons (Fsp3) is 0.882. The molecule has 0 aromatic rings. The number of carbonyl (C=O) groups excluding carboxylic acids is 2. The second-order valence-electron chi connectivity index (χ2n) is 8.18. The Labute approximate surface area is 120 Å². The van der Waals surface area contributed by atoms with Crippen molar-refractivity contribution in [1.29, 1.82) is 0 Å². The van der Waals surface area contributed by atoms with Crippen molar-refractivity contribution in [1.82, 2.24) is 5.32 Å². The molecule has 0 aromatic heterocycles. The molecule has 3 nitrogen and oxygen atoms in total. The number of nitrogens with one attached hydrogen (secondary N) is 1. The molecule has 5 rings (SSSR count). The van der Waals surface area contributed by atoms with Crippen LogP contribution in [0.25, 0.3) is 0 Å². The maximum atomic E-state index is 12.2. The van der Waals surface area contributed by atoms with Crippen LogP contribution >= 0.6 is 0 Å². The van der Waals surface area contributed by atoms with Crippen LogP contribution in [-0.2, 0) is 9.59 Å². The Morgan fingerprint density at radius 3 is 2.05 bits per heavy atom. The van der Waals surface area contributed by atoms with E-state index in [4.69, 9.17) is 0 Å². The van der Waals surface area contributed by atoms with Crippen LogP contribution in [0, 0.1) is 29.1 Å². The number of amides is 1. The van der Waals surface area contributed by atoms with Crippen LogP contribution in [0.5, 0.6) is 0 Å². The molecule has 5 aliphatic carbocycles. The average molecular weight is 275 g/mol. The molecule has 0 atom stereocenters. The van der Waals surface area contributed by atoms with Crippen LogP contribution < -0.4 is 5.32 Å². The average Bonchev–Trinajstić information content (AvgIpc) is 3.12. The molecule has 110 valence electrons. The number of carbonyl (C=O) groups is 2. The topological polar surface area (TPSA) is 46.2 Å². The van der Waals surface area contributed by atoms with Gasteiger partial charge in [-0.15, -0.1) is 0 Å². The van der Waals surface area contributed by atoms with Gasteiger partial charge in [0.25, 0.3) is 0 Å². The van der Waals surface area contributed by atoms with Gasteiger partial charge in [-0.05, 0) is 68.6 Å². The van der Waals surface area contributed by atoms with Crippen LogP contribution in [0.15, 0.2) is 0 Å². The van der Waals surface area contributed by atoms with Crippen LogP contribution in [0.2, 0.25) is 0 Å². The first-order valence-corrected chi connectivity index (χ1v) is 8.36. The lowest BCUT2D eigenvalue weighted by molar-refractivity contribution is -0.132. The fourth-order valence-electron chi connectivity index (χ4n) is 5.22. The van der Waals surface area contributed by atoms with Gasteiger partial charge in [-0.1, -0.05) is 6.92 Å². The summed E-state index contributed by atoms with van der Waals surface area (Å²) in [6.07, 6.45) is 8.72. The summed E-state index contributed by atoms with van der Waals surface area (Å²) in [5.41, 5.74) is -0.165. The largest absolute Gasteiger partial charge is 0.352 e. The van der Waals surface area contributed by atoms with Crippen molar-refractivity contribution in [3.63, 3.8) is 0 Å². The van der Waals surface area contributed by atoms with Crippen molar-refractivity contribution in [2.75, 3.05) is 0 Å². The van der Waals surface area contributed by atoms with E-state index in [0.717, 1.165) is 24.7 Å². The monoisotopic (exact) mass is 275 g/mol. The predicted molar refractivity (Wildman–Crippen MR) is 75.9 cm³/mol. The van der Waals surface area contributed by atoms with E-state index in [1.165, 1.54) is 32.1 Å². The Kier molecular flexibility index (Phi) is 2.77. The number of ketones is 1. The van der Waals surface area contributed by atoms with E-state index in [2.05, 4.69) is 5.32 Å². The minimum atomic E-state index is -0.165. The summed E-state index contributed by atoms with van der Waals surface area (Å²) < 4.78 is 0. The summed E-state index contributed by atoms with van der Waals surface area (Å²) in [7, 11) is 0. The molecule has 5 fully saturated rings. The quantitative estimate of drug-likeness (QED) is 0.802. The molecule has 0 aromatic carbocycles. The lowest BCUT2D eigenvalue weighted by Crippen LogP contribution is -2.56. The first-order valence-electron chi connectivity index (χ1n) is 8.36. The van der Waals surface area contributed by atoms with Gasteiger partial charge in [0.2, 0.25) is 5.91 Å². The molecule has 1 N–H and O–H groups in total. The van der Waals surface area contributed by atoms with Crippen LogP contribution in [0.3, 0.4) is 0 Å². The van der Waals surface area contributed by atoms with Crippen molar-refractivity contribution in [3.8, 4) is 0 Å². The molecule has 1 amide bonds. The third kappa shape index (κ3) is 2.10. The molecule has 0 spiro atoms. The molecule has 5 saturated carbocycles. The van der Waals surface area contributed by atoms with Crippen molar-refractivity contribution in [2.45, 2.75) is 64.3 Å². The number of hydrogen-bond acceptors (Lipinski definition) is 2. The third-order valence-corrected chi connectivity index (χ3v) is 6.55. The third-order valence-electron chi connectivity index (χ3n) is 6.55. The molecule has 0 aliphatic heterocycles. The van der Waals surface area contributed by atoms with Crippen molar-refractivity contribution in [2.24, 2.45) is 29.1 Å². The SMILES string of the molecule is CC1(C(=O)CC(=O)NC2C3CC4CC(C3)CC2C4)CC1. The Balaban J connectivity index is 1.37. The van der Waals surface area contributed by atoms with Gasteiger partial charge in [0.1, 0.15) is 5.78 Å². The van der Waals surface area contributed by atoms with E-state index in [-0.39, 0.29) is 23.5 Å². The highest BCUT2D eigenvalue weighted by Crippen LogP contribution is 2.53. The van der Waals surface area contributed by atoms with E-state index >= 15 is 0 Å². The smallest absolute Gasteiger partial charge is 0.227 e. The maximum absolute atomic E-state index is 12.2. The van der Waals surface area contributed by atoms with Gasteiger partial charge in [-0.25, -0.2) is 0 Å². The molecule has 5 aliphatic rings. The van der Waals surface area contributed by atoms with E-state index < -0.39 is 0 Å². The zero-order valence-electron chi connectivity index (χ0n) is 12.4. The highest BCUT2D eigenvalue weighted by atomic mass is 16.2. The van der Waals surface area contributed by atoms with Gasteiger partial charge >= 0.3 is 0 Å². The minimum absolute atomic E-state index is 0.0133. The first kappa shape index (κ1) is 12.8. The number of Topliss-reactive ketones (excluding diaryl/α,β-unsaturated/α-hetero) is 1. The highest BCUT2D eigenvalue weighted by molar-refractivity contribution is 6.01. The Morgan fingerprint density at radius 1 is 1.00 bits per heavy atom. The normalized spacial score (nSPS) is 43.4. The van der Waals surface area contributed by atoms with E-state index in [0.29, 0.717) is 17.9 Å². The van der Waals surface area contributed by atoms with E-state index in [1.54, 1.807) is 0 Å². The lowest BCUT2D eigenvalue weighted by Gasteiger charge is -2.54. The second-order valence-corrected chi connectivity index (χ2v) is 8.18. The second kappa shape index (κ2) is 4.32. The van der Waals surface area contributed by atoms with Crippen molar-refractivity contribution in [3.05, 3.63) is 0 Å². The maximum Gasteiger partial charge on any atom is 0.227 e. The molecule has 3 heteroatoms. The van der Waals surface area contributed by atoms with Crippen molar-refractivity contribution >= 4 is 11.7 Å². The fourth-order valence-corrected chi connectivity index (χ4v) is 5.22. The summed E-state index contributed by atoms with van der Waals surface area (Å²) in [5, 5.41) is 3.23. The van der Waals surface area contributed by atoms with Crippen LogP contribution in [0.1, 0.15) is 58.3 Å². The zero-order valence-corrected chi connectivity index (χ0v) is 12.4. The van der Waals surface area contributed by atoms with Gasteiger partial charge in [-0.2, -0.15) is 0 Å². The number of rotatable bonds is 4. The van der Waals surface area contributed by atoms with Gasteiger partial charge in [0, 0.05) is 11.5 Å².